The Kier molecular flexibility index (Phi) is 8.03. The topological polar surface area (TPSA) is 51.2 Å². The van der Waals surface area contributed by atoms with Crippen LogP contribution >= 0.6 is 0 Å². The fourth-order valence-electron chi connectivity index (χ4n) is 6.06. The molecule has 0 spiro atoms. The first-order valence-corrected chi connectivity index (χ1v) is 19.1. The number of ether oxygens (including phenoxy) is 1. The molecule has 210 valence electrons. The van der Waals surface area contributed by atoms with Crippen LogP contribution in [0.2, 0.25) is 23.2 Å². The van der Waals surface area contributed by atoms with Crippen LogP contribution in [-0.2, 0) is 13.6 Å². The number of hydrogen-bond acceptors (Lipinski definition) is 4. The lowest BCUT2D eigenvalue weighted by molar-refractivity contribution is -0.122. The van der Waals surface area contributed by atoms with Crippen molar-refractivity contribution in [3.63, 3.8) is 0 Å². The second-order valence-corrected chi connectivity index (χ2v) is 23.5. The molecule has 4 rings (SSSR count). The van der Waals surface area contributed by atoms with Gasteiger partial charge in [-0.05, 0) is 46.9 Å². The van der Waals surface area contributed by atoms with Gasteiger partial charge < -0.3 is 18.7 Å². The van der Waals surface area contributed by atoms with Gasteiger partial charge in [0.25, 0.3) is 8.32 Å². The van der Waals surface area contributed by atoms with Crippen LogP contribution < -0.4 is 10.4 Å². The third-order valence-corrected chi connectivity index (χ3v) is 19.2. The van der Waals surface area contributed by atoms with Gasteiger partial charge >= 0.3 is 0 Å². The first-order chi connectivity index (χ1) is 17.5. The molecule has 1 heterocycles. The van der Waals surface area contributed by atoms with Crippen LogP contribution in [0.25, 0.3) is 0 Å². The van der Waals surface area contributed by atoms with E-state index in [1.807, 2.05) is 0 Å². The van der Waals surface area contributed by atoms with Crippen LogP contribution in [0.1, 0.15) is 61.8 Å². The summed E-state index contributed by atoms with van der Waals surface area (Å²) in [5, 5.41) is 14.3. The zero-order valence-electron chi connectivity index (χ0n) is 25.2. The van der Waals surface area contributed by atoms with Gasteiger partial charge in [0.1, 0.15) is 0 Å². The molecule has 2 aromatic rings. The highest BCUT2D eigenvalue weighted by Crippen LogP contribution is 2.49. The van der Waals surface area contributed by atoms with Crippen molar-refractivity contribution < 1.29 is 18.7 Å². The predicted octanol–water partition coefficient (Wildman–Crippen LogP) is 6.13. The lowest BCUT2D eigenvalue weighted by atomic mass is 9.71. The summed E-state index contributed by atoms with van der Waals surface area (Å²) in [6, 6.07) is 21.7. The summed E-state index contributed by atoms with van der Waals surface area (Å²) in [5.74, 6) is 0.0102. The first-order valence-electron chi connectivity index (χ1n) is 14.3. The molecule has 1 saturated heterocycles. The molecule has 0 aromatic heterocycles. The minimum atomic E-state index is -2.76. The Balaban J connectivity index is 1.82. The van der Waals surface area contributed by atoms with Crippen LogP contribution in [0.4, 0.5) is 0 Å². The molecular formula is C32H50O4Si2. The van der Waals surface area contributed by atoms with E-state index in [2.05, 4.69) is 129 Å². The van der Waals surface area contributed by atoms with Gasteiger partial charge in [0.2, 0.25) is 0 Å². The van der Waals surface area contributed by atoms with Crippen LogP contribution in [0.3, 0.4) is 0 Å². The van der Waals surface area contributed by atoms with Crippen molar-refractivity contribution in [3.8, 4) is 0 Å². The van der Waals surface area contributed by atoms with E-state index < -0.39 is 22.7 Å². The number of benzene rings is 2. The molecule has 1 unspecified atom stereocenters. The Labute approximate surface area is 233 Å². The van der Waals surface area contributed by atoms with Crippen molar-refractivity contribution in [1.29, 1.82) is 0 Å². The van der Waals surface area contributed by atoms with Gasteiger partial charge in [-0.1, -0.05) is 109 Å². The molecule has 0 radical (unpaired) electrons. The van der Waals surface area contributed by atoms with Crippen molar-refractivity contribution in [2.24, 2.45) is 11.8 Å². The fourth-order valence-corrected chi connectivity index (χ4v) is 12.2. The second-order valence-electron chi connectivity index (χ2n) is 14.5. The van der Waals surface area contributed by atoms with Crippen molar-refractivity contribution in [2.75, 3.05) is 6.61 Å². The zero-order chi connectivity index (χ0) is 28.1. The maximum atomic E-state index is 11.8. The molecule has 1 saturated carbocycles. The Bertz CT molecular complexity index is 1030. The molecule has 1 N–H and O–H groups in total. The number of aliphatic hydroxyl groups excluding tert-OH is 1. The summed E-state index contributed by atoms with van der Waals surface area (Å²) in [4.78, 5) is 0. The van der Waals surface area contributed by atoms with Crippen LogP contribution in [-0.4, -0.2) is 52.3 Å². The quantitative estimate of drug-likeness (QED) is 0.331. The summed E-state index contributed by atoms with van der Waals surface area (Å²) in [6.45, 7) is 23.4. The highest BCUT2D eigenvalue weighted by atomic mass is 28.4. The highest BCUT2D eigenvalue weighted by Gasteiger charge is 2.60. The lowest BCUT2D eigenvalue weighted by Crippen LogP contribution is -2.70. The first kappa shape index (κ1) is 29.7. The lowest BCUT2D eigenvalue weighted by Gasteiger charge is -2.53. The predicted molar refractivity (Wildman–Crippen MR) is 162 cm³/mol. The molecule has 1 aliphatic carbocycles. The zero-order valence-corrected chi connectivity index (χ0v) is 27.2. The average molecular weight is 555 g/mol. The Morgan fingerprint density at radius 3 is 1.71 bits per heavy atom. The molecule has 38 heavy (non-hydrogen) atoms. The molecule has 4 nitrogen and oxygen atoms in total. The minimum Gasteiger partial charge on any atom is -0.411 e. The third kappa shape index (κ3) is 5.37. The number of hydrogen-bond donors (Lipinski definition) is 1. The monoisotopic (exact) mass is 554 g/mol. The summed E-state index contributed by atoms with van der Waals surface area (Å²) in [7, 11) is -4.90. The van der Waals surface area contributed by atoms with Crippen molar-refractivity contribution in [3.05, 3.63) is 60.7 Å². The Hall–Kier alpha value is -1.29. The van der Waals surface area contributed by atoms with Crippen LogP contribution in [0.5, 0.6) is 0 Å². The van der Waals surface area contributed by atoms with Crippen molar-refractivity contribution in [1.82, 2.24) is 0 Å². The van der Waals surface area contributed by atoms with Crippen molar-refractivity contribution in [2.45, 2.75) is 109 Å². The molecular weight excluding hydrogens is 505 g/mol. The summed E-state index contributed by atoms with van der Waals surface area (Å²) in [5.41, 5.74) is -0.318. The van der Waals surface area contributed by atoms with Crippen LogP contribution in [0.15, 0.2) is 60.7 Å². The molecule has 1 aliphatic heterocycles. The summed E-state index contributed by atoms with van der Waals surface area (Å²) in [6.07, 6.45) is -0.171. The molecule has 2 fully saturated rings. The van der Waals surface area contributed by atoms with E-state index in [0.717, 1.165) is 6.42 Å². The number of epoxide rings is 1. The summed E-state index contributed by atoms with van der Waals surface area (Å²) < 4.78 is 20.7. The normalized spacial score (nSPS) is 30.8. The van der Waals surface area contributed by atoms with Gasteiger partial charge in [0, 0.05) is 11.8 Å². The van der Waals surface area contributed by atoms with E-state index in [4.69, 9.17) is 13.6 Å². The highest BCUT2D eigenvalue weighted by molar-refractivity contribution is 6.99. The minimum absolute atomic E-state index is 0.0308. The van der Waals surface area contributed by atoms with E-state index in [-0.39, 0.29) is 39.7 Å². The molecule has 6 atom stereocenters. The van der Waals surface area contributed by atoms with Gasteiger partial charge in [0.05, 0.1) is 30.5 Å². The van der Waals surface area contributed by atoms with E-state index >= 15 is 0 Å². The van der Waals surface area contributed by atoms with Gasteiger partial charge in [-0.25, -0.2) is 0 Å². The maximum absolute atomic E-state index is 11.8. The number of aliphatic hydroxyl groups is 1. The van der Waals surface area contributed by atoms with Gasteiger partial charge in [-0.3, -0.25) is 0 Å². The molecule has 0 amide bonds. The molecule has 2 aromatic carbocycles. The standard InChI is InChI=1S/C32H50O4Si2/c1-23-27(21-26(32(8)22-34-32)28(33)29(23)36-37(9,10)30(2,3)4)35-38(31(5,6)7,24-17-13-11-14-18-24)25-19-15-12-16-20-25/h11-20,23,26-29,33H,21-22H2,1-10H3/t23-,26-,27-,28-,29+,32?/m0/s1. The van der Waals surface area contributed by atoms with E-state index in [1.54, 1.807) is 0 Å². The fraction of sp³-hybridized carbons (Fsp3) is 0.625. The Morgan fingerprint density at radius 2 is 1.32 bits per heavy atom. The smallest absolute Gasteiger partial charge is 0.261 e. The summed E-state index contributed by atoms with van der Waals surface area (Å²) >= 11 is 0. The molecule has 2 aliphatic rings. The number of rotatable bonds is 7. The largest absolute Gasteiger partial charge is 0.411 e. The van der Waals surface area contributed by atoms with E-state index in [9.17, 15) is 5.11 Å². The molecule has 0 bridgehead atoms. The van der Waals surface area contributed by atoms with Gasteiger partial charge in [-0.15, -0.1) is 0 Å². The van der Waals surface area contributed by atoms with Crippen molar-refractivity contribution >= 4 is 27.0 Å². The van der Waals surface area contributed by atoms with Gasteiger partial charge in [-0.2, -0.15) is 0 Å². The van der Waals surface area contributed by atoms with E-state index in [1.165, 1.54) is 10.4 Å². The maximum Gasteiger partial charge on any atom is 0.261 e. The Morgan fingerprint density at radius 1 is 0.842 bits per heavy atom. The third-order valence-electron chi connectivity index (χ3n) is 9.71. The SMILES string of the molecule is C[C@@H]1[C@@H](O[Si](C)(C)C(C)(C)C)[C@@H](O)[C@@H](C2(C)CO2)C[C@@H]1O[Si](c1ccccc1)(c1ccccc1)C(C)(C)C. The average Bonchev–Trinajstić information content (AvgIpc) is 3.59. The van der Waals surface area contributed by atoms with Gasteiger partial charge in [0.15, 0.2) is 8.32 Å². The van der Waals surface area contributed by atoms with Crippen LogP contribution in [0, 0.1) is 11.8 Å². The molecule has 6 heteroatoms. The second kappa shape index (κ2) is 10.3. The van der Waals surface area contributed by atoms with E-state index in [0.29, 0.717) is 6.61 Å².